The molecule has 0 aromatic heterocycles. The van der Waals surface area contributed by atoms with E-state index in [2.05, 4.69) is 30.4 Å². The molecule has 0 bridgehead atoms. The van der Waals surface area contributed by atoms with E-state index in [1.807, 2.05) is 36.4 Å². The Labute approximate surface area is 132 Å². The van der Waals surface area contributed by atoms with Gasteiger partial charge in [0.15, 0.2) is 0 Å². The Morgan fingerprint density at radius 1 is 1.05 bits per heavy atom. The second-order valence-corrected chi connectivity index (χ2v) is 5.48. The monoisotopic (exact) mass is 301 g/mol. The van der Waals surface area contributed by atoms with Gasteiger partial charge in [-0.2, -0.15) is 0 Å². The van der Waals surface area contributed by atoms with Gasteiger partial charge in [-0.25, -0.2) is 0 Å². The molecule has 3 heteroatoms. The van der Waals surface area contributed by atoms with E-state index in [4.69, 9.17) is 4.74 Å². The first-order valence-corrected chi connectivity index (χ1v) is 7.83. The Kier molecular flexibility index (Phi) is 6.91. The molecule has 0 aliphatic carbocycles. The van der Waals surface area contributed by atoms with Crippen molar-refractivity contribution in [1.82, 2.24) is 5.32 Å². The number of halogens is 1. The lowest BCUT2D eigenvalue weighted by Gasteiger charge is -2.16. The molecule has 1 N–H and O–H groups in total. The molecule has 118 valence electrons. The first-order chi connectivity index (χ1) is 10.8. The van der Waals surface area contributed by atoms with Gasteiger partial charge in [0.25, 0.3) is 0 Å². The van der Waals surface area contributed by atoms with E-state index in [-0.39, 0.29) is 6.67 Å². The van der Waals surface area contributed by atoms with Crippen LogP contribution in [0.2, 0.25) is 0 Å². The Hall–Kier alpha value is -1.87. The highest BCUT2D eigenvalue weighted by Crippen LogP contribution is 2.21. The van der Waals surface area contributed by atoms with Crippen LogP contribution in [0.1, 0.15) is 24.5 Å². The van der Waals surface area contributed by atoms with Crippen molar-refractivity contribution in [1.29, 1.82) is 0 Å². The number of nitrogens with one attached hydrogen (secondary N) is 1. The second kappa shape index (κ2) is 9.21. The number of para-hydroxylation sites is 1. The maximum atomic E-state index is 12.1. The molecule has 1 atom stereocenters. The number of benzene rings is 2. The van der Waals surface area contributed by atoms with Crippen molar-refractivity contribution in [2.45, 2.75) is 32.4 Å². The van der Waals surface area contributed by atoms with Gasteiger partial charge in [-0.15, -0.1) is 0 Å². The number of rotatable bonds is 9. The second-order valence-electron chi connectivity index (χ2n) is 5.48. The fraction of sp³-hybridized carbons (Fsp3) is 0.368. The van der Waals surface area contributed by atoms with Crippen molar-refractivity contribution < 1.29 is 9.13 Å². The lowest BCUT2D eigenvalue weighted by molar-refractivity contribution is 0.301. The molecule has 0 saturated carbocycles. The summed E-state index contributed by atoms with van der Waals surface area (Å²) in [5.41, 5.74) is 2.34. The molecule has 0 aliphatic heterocycles. The third-order valence-corrected chi connectivity index (χ3v) is 3.54. The van der Waals surface area contributed by atoms with Gasteiger partial charge >= 0.3 is 0 Å². The van der Waals surface area contributed by atoms with Gasteiger partial charge in [0, 0.05) is 6.04 Å². The minimum atomic E-state index is -0.267. The van der Waals surface area contributed by atoms with Crippen LogP contribution in [0.15, 0.2) is 54.6 Å². The summed E-state index contributed by atoms with van der Waals surface area (Å²) in [5.74, 6) is 0.922. The zero-order valence-electron chi connectivity index (χ0n) is 13.1. The SMILES string of the molecule is CC(Cc1ccccc1OCc1ccccc1)NCCCF. The normalized spacial score (nSPS) is 12.1. The quantitative estimate of drug-likeness (QED) is 0.703. The van der Waals surface area contributed by atoms with Gasteiger partial charge in [-0.05, 0) is 43.5 Å². The zero-order valence-corrected chi connectivity index (χ0v) is 13.1. The summed E-state index contributed by atoms with van der Waals surface area (Å²) in [4.78, 5) is 0. The minimum absolute atomic E-state index is 0.267. The summed E-state index contributed by atoms with van der Waals surface area (Å²) < 4.78 is 18.1. The van der Waals surface area contributed by atoms with Gasteiger partial charge in [-0.3, -0.25) is 4.39 Å². The van der Waals surface area contributed by atoms with Crippen LogP contribution in [0.4, 0.5) is 4.39 Å². The minimum Gasteiger partial charge on any atom is -0.489 e. The maximum Gasteiger partial charge on any atom is 0.123 e. The average molecular weight is 301 g/mol. The molecule has 0 saturated heterocycles. The molecule has 2 nitrogen and oxygen atoms in total. The van der Waals surface area contributed by atoms with Crippen LogP contribution in [0, 0.1) is 0 Å². The van der Waals surface area contributed by atoms with E-state index in [0.29, 0.717) is 25.6 Å². The highest BCUT2D eigenvalue weighted by molar-refractivity contribution is 5.34. The number of ether oxygens (including phenoxy) is 1. The largest absolute Gasteiger partial charge is 0.489 e. The van der Waals surface area contributed by atoms with Crippen molar-refractivity contribution >= 4 is 0 Å². The first-order valence-electron chi connectivity index (χ1n) is 7.83. The fourth-order valence-electron chi connectivity index (χ4n) is 2.37. The summed E-state index contributed by atoms with van der Waals surface area (Å²) in [7, 11) is 0. The smallest absolute Gasteiger partial charge is 0.123 e. The van der Waals surface area contributed by atoms with E-state index in [1.54, 1.807) is 0 Å². The van der Waals surface area contributed by atoms with E-state index < -0.39 is 0 Å². The van der Waals surface area contributed by atoms with E-state index >= 15 is 0 Å². The Morgan fingerprint density at radius 2 is 1.77 bits per heavy atom. The molecular formula is C19H24FNO. The molecule has 0 spiro atoms. The van der Waals surface area contributed by atoms with Crippen LogP contribution in [0.3, 0.4) is 0 Å². The number of hydrogen-bond donors (Lipinski definition) is 1. The van der Waals surface area contributed by atoms with Crippen LogP contribution < -0.4 is 10.1 Å². The Bertz CT molecular complexity index is 544. The van der Waals surface area contributed by atoms with Crippen LogP contribution in [0.5, 0.6) is 5.75 Å². The molecule has 0 aliphatic rings. The lowest BCUT2D eigenvalue weighted by Crippen LogP contribution is -2.29. The molecule has 2 aromatic rings. The van der Waals surface area contributed by atoms with Crippen molar-refractivity contribution in [2.75, 3.05) is 13.2 Å². The summed E-state index contributed by atoms with van der Waals surface area (Å²) in [5, 5.41) is 3.34. The average Bonchev–Trinajstić information content (AvgIpc) is 2.55. The molecule has 0 fully saturated rings. The van der Waals surface area contributed by atoms with Crippen LogP contribution in [-0.2, 0) is 13.0 Å². The van der Waals surface area contributed by atoms with Crippen molar-refractivity contribution in [2.24, 2.45) is 0 Å². The van der Waals surface area contributed by atoms with Gasteiger partial charge in [0.2, 0.25) is 0 Å². The van der Waals surface area contributed by atoms with Crippen molar-refractivity contribution in [3.63, 3.8) is 0 Å². The molecule has 2 aromatic carbocycles. The summed E-state index contributed by atoms with van der Waals surface area (Å²) >= 11 is 0. The summed E-state index contributed by atoms with van der Waals surface area (Å²) in [6.45, 7) is 3.13. The van der Waals surface area contributed by atoms with Gasteiger partial charge in [0.1, 0.15) is 12.4 Å². The third kappa shape index (κ3) is 5.49. The number of alkyl halides is 1. The number of hydrogen-bond acceptors (Lipinski definition) is 2. The molecule has 0 amide bonds. The van der Waals surface area contributed by atoms with E-state index in [9.17, 15) is 4.39 Å². The molecule has 1 unspecified atom stereocenters. The van der Waals surface area contributed by atoms with Crippen LogP contribution in [0.25, 0.3) is 0 Å². The lowest BCUT2D eigenvalue weighted by atomic mass is 10.1. The maximum absolute atomic E-state index is 12.1. The van der Waals surface area contributed by atoms with E-state index in [0.717, 1.165) is 17.7 Å². The van der Waals surface area contributed by atoms with Crippen LogP contribution >= 0.6 is 0 Å². The fourth-order valence-corrected chi connectivity index (χ4v) is 2.37. The Balaban J connectivity index is 1.91. The highest BCUT2D eigenvalue weighted by Gasteiger charge is 2.08. The molecule has 22 heavy (non-hydrogen) atoms. The topological polar surface area (TPSA) is 21.3 Å². The standard InChI is InChI=1S/C19H24FNO/c1-16(21-13-7-12-20)14-18-10-5-6-11-19(18)22-15-17-8-3-2-4-9-17/h2-6,8-11,16,21H,7,12-15H2,1H3. The summed E-state index contributed by atoms with van der Waals surface area (Å²) in [6.07, 6.45) is 1.44. The molecular weight excluding hydrogens is 277 g/mol. The van der Waals surface area contributed by atoms with Crippen molar-refractivity contribution in [3.05, 3.63) is 65.7 Å². The summed E-state index contributed by atoms with van der Waals surface area (Å²) in [6, 6.07) is 18.6. The van der Waals surface area contributed by atoms with Gasteiger partial charge < -0.3 is 10.1 Å². The van der Waals surface area contributed by atoms with Gasteiger partial charge in [0.05, 0.1) is 6.67 Å². The molecule has 0 heterocycles. The van der Waals surface area contributed by atoms with Crippen LogP contribution in [-0.4, -0.2) is 19.3 Å². The predicted molar refractivity (Wildman–Crippen MR) is 89.0 cm³/mol. The van der Waals surface area contributed by atoms with Crippen molar-refractivity contribution in [3.8, 4) is 5.75 Å². The predicted octanol–water partition coefficient (Wildman–Crippen LogP) is 4.15. The van der Waals surface area contributed by atoms with E-state index in [1.165, 1.54) is 5.56 Å². The molecule has 2 rings (SSSR count). The zero-order chi connectivity index (χ0) is 15.6. The first kappa shape index (κ1) is 16.5. The van der Waals surface area contributed by atoms with Gasteiger partial charge in [-0.1, -0.05) is 48.5 Å². The third-order valence-electron chi connectivity index (χ3n) is 3.54. The molecule has 0 radical (unpaired) electrons. The Morgan fingerprint density at radius 3 is 2.55 bits per heavy atom. The highest BCUT2D eigenvalue weighted by atomic mass is 19.1.